The lowest BCUT2D eigenvalue weighted by Gasteiger charge is -2.33. The summed E-state index contributed by atoms with van der Waals surface area (Å²) in [7, 11) is 0. The van der Waals surface area contributed by atoms with Gasteiger partial charge in [0.15, 0.2) is 0 Å². The molecule has 6 heteroatoms. The largest absolute Gasteiger partial charge is 0.480 e. The van der Waals surface area contributed by atoms with E-state index in [4.69, 9.17) is 5.11 Å². The molecule has 0 atom stereocenters. The minimum atomic E-state index is -1.17. The summed E-state index contributed by atoms with van der Waals surface area (Å²) in [6.07, 6.45) is 0. The van der Waals surface area contributed by atoms with Crippen LogP contribution < -0.4 is 5.32 Å². The molecular weight excluding hydrogens is 272 g/mol. The third kappa shape index (κ3) is 4.91. The number of nitrogens with zero attached hydrogens (tertiary/aromatic N) is 1. The summed E-state index contributed by atoms with van der Waals surface area (Å²) in [5.74, 6) is -2.89. The molecule has 2 N–H and O–H groups in total. The molecule has 0 spiro atoms. The fourth-order valence-corrected chi connectivity index (χ4v) is 1.69. The van der Waals surface area contributed by atoms with E-state index in [0.717, 1.165) is 10.5 Å². The topological polar surface area (TPSA) is 86.7 Å². The maximum Gasteiger partial charge on any atom is 0.323 e. The minimum absolute atomic E-state index is 0.489. The standard InChI is InChI=1S/C15H20N2O4/c1-10-5-7-11(8-6-10)16-13(20)14(21)17(9-12(18)19)15(2,3)4/h5-8H,9H2,1-4H3,(H,16,20)(H,18,19). The first-order valence-corrected chi connectivity index (χ1v) is 6.52. The molecule has 0 radical (unpaired) electrons. The number of amides is 2. The van der Waals surface area contributed by atoms with E-state index >= 15 is 0 Å². The van der Waals surface area contributed by atoms with Crippen molar-refractivity contribution in [3.8, 4) is 0 Å². The Balaban J connectivity index is 2.85. The predicted octanol–water partition coefficient (Wildman–Crippen LogP) is 1.65. The van der Waals surface area contributed by atoms with Gasteiger partial charge in [0.1, 0.15) is 6.54 Å². The van der Waals surface area contributed by atoms with Crippen molar-refractivity contribution >= 4 is 23.5 Å². The SMILES string of the molecule is Cc1ccc(NC(=O)C(=O)N(CC(=O)O)C(C)(C)C)cc1. The summed E-state index contributed by atoms with van der Waals surface area (Å²) in [6, 6.07) is 6.97. The van der Waals surface area contributed by atoms with E-state index in [1.807, 2.05) is 6.92 Å². The number of anilines is 1. The first-order valence-electron chi connectivity index (χ1n) is 6.52. The molecule has 2 amide bonds. The molecule has 0 bridgehead atoms. The van der Waals surface area contributed by atoms with Gasteiger partial charge < -0.3 is 15.3 Å². The molecule has 0 aliphatic carbocycles. The van der Waals surface area contributed by atoms with Crippen LogP contribution in [0, 0.1) is 6.92 Å². The molecule has 21 heavy (non-hydrogen) atoms. The second-order valence-electron chi connectivity index (χ2n) is 5.78. The number of carboxylic acids is 1. The van der Waals surface area contributed by atoms with Crippen LogP contribution in [0.5, 0.6) is 0 Å². The van der Waals surface area contributed by atoms with Gasteiger partial charge in [0.2, 0.25) is 0 Å². The number of rotatable bonds is 3. The van der Waals surface area contributed by atoms with Crippen LogP contribution in [0.3, 0.4) is 0 Å². The predicted molar refractivity (Wildman–Crippen MR) is 78.9 cm³/mol. The van der Waals surface area contributed by atoms with Crippen molar-refractivity contribution in [1.29, 1.82) is 0 Å². The average molecular weight is 292 g/mol. The molecule has 0 aliphatic rings. The summed E-state index contributed by atoms with van der Waals surface area (Å²) in [5, 5.41) is 11.3. The number of hydrogen-bond donors (Lipinski definition) is 2. The van der Waals surface area contributed by atoms with Crippen LogP contribution in [0.2, 0.25) is 0 Å². The highest BCUT2D eigenvalue weighted by Gasteiger charge is 2.32. The van der Waals surface area contributed by atoms with E-state index in [0.29, 0.717) is 5.69 Å². The Kier molecular flexibility index (Phi) is 5.07. The monoisotopic (exact) mass is 292 g/mol. The molecule has 114 valence electrons. The van der Waals surface area contributed by atoms with Crippen molar-refractivity contribution in [3.63, 3.8) is 0 Å². The number of hydrogen-bond acceptors (Lipinski definition) is 3. The van der Waals surface area contributed by atoms with E-state index in [-0.39, 0.29) is 0 Å². The van der Waals surface area contributed by atoms with Gasteiger partial charge in [-0.25, -0.2) is 0 Å². The Bertz CT molecular complexity index is 544. The number of nitrogens with one attached hydrogen (secondary N) is 1. The van der Waals surface area contributed by atoms with Gasteiger partial charge in [-0.05, 0) is 39.8 Å². The Morgan fingerprint density at radius 1 is 1.14 bits per heavy atom. The van der Waals surface area contributed by atoms with Gasteiger partial charge in [-0.3, -0.25) is 14.4 Å². The van der Waals surface area contributed by atoms with Crippen molar-refractivity contribution in [3.05, 3.63) is 29.8 Å². The average Bonchev–Trinajstić information content (AvgIpc) is 2.36. The molecule has 1 aromatic rings. The second kappa shape index (κ2) is 6.39. The lowest BCUT2D eigenvalue weighted by atomic mass is 10.1. The van der Waals surface area contributed by atoms with E-state index in [2.05, 4.69) is 5.32 Å². The zero-order chi connectivity index (χ0) is 16.2. The van der Waals surface area contributed by atoms with E-state index in [1.54, 1.807) is 45.0 Å². The third-order valence-corrected chi connectivity index (χ3v) is 2.85. The number of carbonyl (C=O) groups excluding carboxylic acids is 2. The van der Waals surface area contributed by atoms with Gasteiger partial charge in [-0.1, -0.05) is 17.7 Å². The summed E-state index contributed by atoms with van der Waals surface area (Å²) in [5.41, 5.74) is 0.754. The van der Waals surface area contributed by atoms with Gasteiger partial charge in [-0.2, -0.15) is 0 Å². The molecule has 0 heterocycles. The Morgan fingerprint density at radius 2 is 1.67 bits per heavy atom. The highest BCUT2D eigenvalue weighted by molar-refractivity contribution is 6.39. The molecular formula is C15H20N2O4. The number of benzene rings is 1. The fourth-order valence-electron chi connectivity index (χ4n) is 1.69. The Hall–Kier alpha value is -2.37. The molecule has 0 aromatic heterocycles. The fraction of sp³-hybridized carbons (Fsp3) is 0.400. The third-order valence-electron chi connectivity index (χ3n) is 2.85. The number of aliphatic carboxylic acids is 1. The highest BCUT2D eigenvalue weighted by Crippen LogP contribution is 2.15. The van der Waals surface area contributed by atoms with Crippen molar-refractivity contribution in [1.82, 2.24) is 4.90 Å². The molecule has 0 unspecified atom stereocenters. The number of carboxylic acid groups (broad SMARTS) is 1. The van der Waals surface area contributed by atoms with Crippen LogP contribution in [-0.4, -0.2) is 39.9 Å². The van der Waals surface area contributed by atoms with E-state index in [1.165, 1.54) is 0 Å². The number of carbonyl (C=O) groups is 3. The Morgan fingerprint density at radius 3 is 2.10 bits per heavy atom. The normalized spacial score (nSPS) is 10.9. The summed E-state index contributed by atoms with van der Waals surface area (Å²) in [4.78, 5) is 36.0. The zero-order valence-corrected chi connectivity index (χ0v) is 12.6. The van der Waals surface area contributed by atoms with Gasteiger partial charge in [0.25, 0.3) is 0 Å². The van der Waals surface area contributed by atoms with E-state index in [9.17, 15) is 14.4 Å². The quantitative estimate of drug-likeness (QED) is 0.829. The van der Waals surface area contributed by atoms with Crippen LogP contribution in [0.1, 0.15) is 26.3 Å². The van der Waals surface area contributed by atoms with Gasteiger partial charge >= 0.3 is 17.8 Å². The lowest BCUT2D eigenvalue weighted by Crippen LogP contribution is -2.52. The molecule has 1 rings (SSSR count). The molecule has 0 aliphatic heterocycles. The summed E-state index contributed by atoms with van der Waals surface area (Å²) in [6.45, 7) is 6.40. The molecule has 0 fully saturated rings. The lowest BCUT2D eigenvalue weighted by molar-refractivity contribution is -0.152. The van der Waals surface area contributed by atoms with Gasteiger partial charge in [0, 0.05) is 11.2 Å². The van der Waals surface area contributed by atoms with Crippen LogP contribution >= 0.6 is 0 Å². The molecule has 6 nitrogen and oxygen atoms in total. The summed E-state index contributed by atoms with van der Waals surface area (Å²) >= 11 is 0. The van der Waals surface area contributed by atoms with Crippen LogP contribution in [0.25, 0.3) is 0 Å². The minimum Gasteiger partial charge on any atom is -0.480 e. The highest BCUT2D eigenvalue weighted by atomic mass is 16.4. The maximum atomic E-state index is 12.1. The van der Waals surface area contributed by atoms with Crippen LogP contribution in [0.4, 0.5) is 5.69 Å². The van der Waals surface area contributed by atoms with Gasteiger partial charge in [0.05, 0.1) is 0 Å². The van der Waals surface area contributed by atoms with Gasteiger partial charge in [-0.15, -0.1) is 0 Å². The first-order chi connectivity index (χ1) is 9.61. The number of aryl methyl sites for hydroxylation is 1. The maximum absolute atomic E-state index is 12.1. The van der Waals surface area contributed by atoms with Crippen LogP contribution in [0.15, 0.2) is 24.3 Å². The van der Waals surface area contributed by atoms with Crippen molar-refractivity contribution < 1.29 is 19.5 Å². The smallest absolute Gasteiger partial charge is 0.323 e. The molecule has 0 saturated heterocycles. The first kappa shape index (κ1) is 16.7. The zero-order valence-electron chi connectivity index (χ0n) is 12.6. The van der Waals surface area contributed by atoms with Crippen molar-refractivity contribution in [2.75, 3.05) is 11.9 Å². The van der Waals surface area contributed by atoms with Crippen molar-refractivity contribution in [2.45, 2.75) is 33.2 Å². The Labute approximate surface area is 123 Å². The van der Waals surface area contributed by atoms with Crippen molar-refractivity contribution in [2.24, 2.45) is 0 Å². The second-order valence-corrected chi connectivity index (χ2v) is 5.78. The van der Waals surface area contributed by atoms with E-state index < -0.39 is 29.9 Å². The van der Waals surface area contributed by atoms with Crippen LogP contribution in [-0.2, 0) is 14.4 Å². The summed E-state index contributed by atoms with van der Waals surface area (Å²) < 4.78 is 0. The molecule has 1 aromatic carbocycles. The molecule has 0 saturated carbocycles.